The van der Waals surface area contributed by atoms with E-state index in [4.69, 9.17) is 23.1 Å². The summed E-state index contributed by atoms with van der Waals surface area (Å²) in [5.74, 6) is -2.09. The first-order valence-corrected chi connectivity index (χ1v) is 25.9. The van der Waals surface area contributed by atoms with Gasteiger partial charge < -0.3 is 23.1 Å². The van der Waals surface area contributed by atoms with Gasteiger partial charge in [-0.3, -0.25) is 19.2 Å². The summed E-state index contributed by atoms with van der Waals surface area (Å²) in [7, 11) is -2.21. The first-order valence-electron chi connectivity index (χ1n) is 19.3. The van der Waals surface area contributed by atoms with Gasteiger partial charge in [0.05, 0.1) is 49.1 Å². The van der Waals surface area contributed by atoms with E-state index in [1.807, 2.05) is 13.8 Å². The molecular formula is C39H76O9Si2. The predicted molar refractivity (Wildman–Crippen MR) is 207 cm³/mol. The number of esters is 4. The van der Waals surface area contributed by atoms with Gasteiger partial charge in [-0.1, -0.05) is 59.8 Å². The first-order chi connectivity index (χ1) is 23.0. The van der Waals surface area contributed by atoms with Crippen LogP contribution in [0.25, 0.3) is 0 Å². The third-order valence-electron chi connectivity index (χ3n) is 9.85. The Balaban J connectivity index is 6.31. The van der Waals surface area contributed by atoms with Gasteiger partial charge in [0.2, 0.25) is 0 Å². The molecule has 50 heavy (non-hydrogen) atoms. The van der Waals surface area contributed by atoms with E-state index >= 15 is 0 Å². The third-order valence-corrected chi connectivity index (χ3v) is 16.1. The van der Waals surface area contributed by atoms with Crippen LogP contribution in [-0.2, 0) is 42.2 Å². The molecule has 0 fully saturated rings. The highest BCUT2D eigenvalue weighted by molar-refractivity contribution is 6.84. The van der Waals surface area contributed by atoms with Crippen LogP contribution in [0.1, 0.15) is 132 Å². The fourth-order valence-electron chi connectivity index (χ4n) is 6.87. The molecule has 0 spiro atoms. The van der Waals surface area contributed by atoms with Crippen molar-refractivity contribution in [3.05, 3.63) is 0 Å². The molecule has 0 aromatic carbocycles. The molecule has 0 aliphatic heterocycles. The van der Waals surface area contributed by atoms with Crippen LogP contribution in [0.3, 0.4) is 0 Å². The summed E-state index contributed by atoms with van der Waals surface area (Å²) >= 11 is 0. The van der Waals surface area contributed by atoms with Crippen molar-refractivity contribution in [2.45, 2.75) is 171 Å². The average molecular weight is 745 g/mol. The van der Waals surface area contributed by atoms with E-state index < -0.39 is 62.7 Å². The van der Waals surface area contributed by atoms with Crippen molar-refractivity contribution < 1.29 is 42.2 Å². The Hall–Kier alpha value is -1.73. The number of unbranched alkanes of at least 4 members (excludes halogenated alkanes) is 2. The number of carbonyl (C=O) groups excluding carboxylic acids is 4. The van der Waals surface area contributed by atoms with Crippen LogP contribution < -0.4 is 0 Å². The van der Waals surface area contributed by atoms with Crippen molar-refractivity contribution in [1.29, 1.82) is 0 Å². The third kappa shape index (κ3) is 18.2. The molecule has 294 valence electrons. The minimum absolute atomic E-state index is 0.0565. The van der Waals surface area contributed by atoms with Crippen LogP contribution in [0.5, 0.6) is 0 Å². The number of carbonyl (C=O) groups is 4. The number of methoxy groups -OCH3 is 1. The lowest BCUT2D eigenvalue weighted by molar-refractivity contribution is -0.166. The van der Waals surface area contributed by atoms with E-state index in [9.17, 15) is 19.2 Å². The summed E-state index contributed by atoms with van der Waals surface area (Å²) in [5.41, 5.74) is -3.25. The van der Waals surface area contributed by atoms with Gasteiger partial charge in [0, 0.05) is 0 Å². The van der Waals surface area contributed by atoms with Gasteiger partial charge in [-0.05, 0) is 117 Å². The summed E-state index contributed by atoms with van der Waals surface area (Å²) in [6.45, 7) is 27.1. The quantitative estimate of drug-likeness (QED) is 0.0351. The molecule has 0 amide bonds. The second-order valence-corrected chi connectivity index (χ2v) is 26.3. The number of hydrogen-bond acceptors (Lipinski definition) is 9. The zero-order valence-electron chi connectivity index (χ0n) is 34.6. The zero-order valence-corrected chi connectivity index (χ0v) is 36.6. The van der Waals surface area contributed by atoms with Gasteiger partial charge in [-0.15, -0.1) is 0 Å². The van der Waals surface area contributed by atoms with Gasteiger partial charge in [0.25, 0.3) is 0 Å². The Labute approximate surface area is 308 Å². The molecule has 0 heterocycles. The van der Waals surface area contributed by atoms with E-state index in [0.717, 1.165) is 44.6 Å². The SMILES string of the molecule is CCCCOC(=O)C(C)(CC(CC(C)(C)C(=O)OCCC[Si](C)(C)O[Si](C)(C)C)C(=O)OCCC(CC)CCCC)CC(C)(CC)C(=O)OC. The molecule has 0 aromatic heterocycles. The molecule has 4 unspecified atom stereocenters. The van der Waals surface area contributed by atoms with Gasteiger partial charge >= 0.3 is 23.9 Å². The Bertz CT molecular complexity index is 1040. The van der Waals surface area contributed by atoms with E-state index in [0.29, 0.717) is 25.2 Å². The van der Waals surface area contributed by atoms with Crippen LogP contribution in [0.15, 0.2) is 0 Å². The molecule has 0 bridgehead atoms. The van der Waals surface area contributed by atoms with Crippen LogP contribution >= 0.6 is 0 Å². The van der Waals surface area contributed by atoms with E-state index in [1.165, 1.54) is 7.11 Å². The normalized spacial score (nSPS) is 16.0. The van der Waals surface area contributed by atoms with Crippen molar-refractivity contribution in [1.82, 2.24) is 0 Å². The Morgan fingerprint density at radius 1 is 0.660 bits per heavy atom. The predicted octanol–water partition coefficient (Wildman–Crippen LogP) is 9.88. The largest absolute Gasteiger partial charge is 0.469 e. The average Bonchev–Trinajstić information content (AvgIpc) is 3.02. The smallest absolute Gasteiger partial charge is 0.311 e. The van der Waals surface area contributed by atoms with Crippen LogP contribution in [0.2, 0.25) is 38.8 Å². The summed E-state index contributed by atoms with van der Waals surface area (Å²) in [5, 5.41) is 0. The molecule has 9 nitrogen and oxygen atoms in total. The van der Waals surface area contributed by atoms with Crippen molar-refractivity contribution in [3.8, 4) is 0 Å². The summed E-state index contributed by atoms with van der Waals surface area (Å²) in [4.78, 5) is 54.4. The van der Waals surface area contributed by atoms with Gasteiger partial charge in [0.1, 0.15) is 0 Å². The van der Waals surface area contributed by atoms with Crippen molar-refractivity contribution in [2.24, 2.45) is 28.1 Å². The second kappa shape index (κ2) is 22.4. The van der Waals surface area contributed by atoms with Crippen molar-refractivity contribution in [2.75, 3.05) is 26.9 Å². The molecule has 0 aliphatic carbocycles. The highest BCUT2D eigenvalue weighted by Gasteiger charge is 2.49. The Kier molecular flexibility index (Phi) is 21.6. The number of hydrogen-bond donors (Lipinski definition) is 0. The zero-order chi connectivity index (χ0) is 38.8. The topological polar surface area (TPSA) is 114 Å². The highest BCUT2D eigenvalue weighted by Crippen LogP contribution is 2.45. The lowest BCUT2D eigenvalue weighted by atomic mass is 9.66. The summed E-state index contributed by atoms with van der Waals surface area (Å²) in [6, 6.07) is 0.881. The van der Waals surface area contributed by atoms with Crippen LogP contribution in [-0.4, -0.2) is 67.4 Å². The molecule has 4 atom stereocenters. The maximum absolute atomic E-state index is 14.0. The molecule has 0 aromatic rings. The fraction of sp³-hybridized carbons (Fsp3) is 0.897. The number of ether oxygens (including phenoxy) is 4. The van der Waals surface area contributed by atoms with E-state index in [2.05, 4.69) is 46.6 Å². The highest BCUT2D eigenvalue weighted by atomic mass is 28.4. The van der Waals surface area contributed by atoms with Crippen LogP contribution in [0, 0.1) is 28.1 Å². The molecule has 0 aliphatic rings. The minimum atomic E-state index is -1.88. The van der Waals surface area contributed by atoms with Gasteiger partial charge in [0.15, 0.2) is 16.6 Å². The Morgan fingerprint density at radius 2 is 1.24 bits per heavy atom. The lowest BCUT2D eigenvalue weighted by Gasteiger charge is -2.38. The standard InChI is InChI=1S/C39H76O9Si2/c1-15-19-22-31(17-3)23-26-45-33(40)32(28-37(5,6)34(41)46-25-21-27-50(13,14)48-49(10,11)12)29-39(8,36(43)47-24-20-16-2)30-38(7,18-4)35(42)44-9/h31-32H,15-30H2,1-14H3. The van der Waals surface area contributed by atoms with Crippen LogP contribution in [0.4, 0.5) is 0 Å². The summed E-state index contributed by atoms with van der Waals surface area (Å²) in [6.07, 6.45) is 8.09. The fourth-order valence-corrected chi connectivity index (χ4v) is 14.9. The lowest BCUT2D eigenvalue weighted by Crippen LogP contribution is -2.43. The first kappa shape index (κ1) is 48.3. The van der Waals surface area contributed by atoms with Gasteiger partial charge in [-0.25, -0.2) is 0 Å². The minimum Gasteiger partial charge on any atom is -0.469 e. The maximum atomic E-state index is 14.0. The molecule has 11 heteroatoms. The Morgan fingerprint density at radius 3 is 1.76 bits per heavy atom. The summed E-state index contributed by atoms with van der Waals surface area (Å²) < 4.78 is 29.1. The van der Waals surface area contributed by atoms with Crippen molar-refractivity contribution in [3.63, 3.8) is 0 Å². The molecule has 0 saturated heterocycles. The number of rotatable bonds is 27. The molecule has 0 N–H and O–H groups in total. The van der Waals surface area contributed by atoms with Crippen molar-refractivity contribution >= 4 is 40.5 Å². The molecular weight excluding hydrogens is 669 g/mol. The molecule has 0 radical (unpaired) electrons. The van der Waals surface area contributed by atoms with Gasteiger partial charge in [-0.2, -0.15) is 0 Å². The van der Waals surface area contributed by atoms with E-state index in [-0.39, 0.29) is 39.1 Å². The maximum Gasteiger partial charge on any atom is 0.311 e. The van der Waals surface area contributed by atoms with E-state index in [1.54, 1.807) is 27.7 Å². The molecule has 0 saturated carbocycles. The monoisotopic (exact) mass is 745 g/mol. The second-order valence-electron chi connectivity index (χ2n) is 17.2. The molecule has 0 rings (SSSR count).